The van der Waals surface area contributed by atoms with Crippen molar-refractivity contribution in [1.82, 2.24) is 36.8 Å². The van der Waals surface area contributed by atoms with E-state index in [2.05, 4.69) is 43.0 Å². The van der Waals surface area contributed by atoms with Gasteiger partial charge in [-0.3, -0.25) is 34.4 Å². The number of aliphatic imine (C=N–C) groups is 1. The molecule has 2 heterocycles. The second kappa shape index (κ2) is 32.4. The van der Waals surface area contributed by atoms with E-state index in [1.54, 1.807) is 72.7 Å². The van der Waals surface area contributed by atoms with E-state index in [0.717, 1.165) is 47.6 Å². The maximum absolute atomic E-state index is 14.8. The summed E-state index contributed by atoms with van der Waals surface area (Å²) in [5.41, 5.74) is 20.3. The van der Waals surface area contributed by atoms with Crippen molar-refractivity contribution in [3.63, 3.8) is 0 Å². The number of benzene rings is 5. The van der Waals surface area contributed by atoms with Gasteiger partial charge >= 0.3 is 18.2 Å². The number of fused-ring (bicyclic) bond motifs is 1. The molecule has 97 heavy (non-hydrogen) atoms. The normalized spacial score (nSPS) is 19.9. The molecule has 26 nitrogen and oxygen atoms in total. The summed E-state index contributed by atoms with van der Waals surface area (Å²) in [6.45, 7) is 1.52. The number of likely N-dealkylation sites (tertiary alicyclic amines) is 1. The first-order valence-corrected chi connectivity index (χ1v) is 33.2. The largest absolute Gasteiger partial charge is 0.493 e. The number of methoxy groups -OCH3 is 1. The number of ether oxygens (including phenoxy) is 6. The van der Waals surface area contributed by atoms with Crippen molar-refractivity contribution in [2.45, 2.75) is 127 Å². The number of allylic oxidation sites excluding steroid dienone is 1. The van der Waals surface area contributed by atoms with Gasteiger partial charge in [0.05, 0.1) is 31.8 Å². The maximum Gasteiger partial charge on any atom is 0.415 e. The molecule has 514 valence electrons. The molecule has 2 bridgehead atoms. The van der Waals surface area contributed by atoms with Crippen LogP contribution in [0.5, 0.6) is 23.0 Å². The molecule has 5 aromatic carbocycles. The number of amides is 7. The fraction of sp³-hybridized carbons (Fsp3) is 0.437. The zero-order valence-corrected chi connectivity index (χ0v) is 54.6. The number of carbonyl (C=O) groups excluding carboxylic acids is 8. The minimum absolute atomic E-state index is 0.0101. The second-order valence-corrected chi connectivity index (χ2v) is 25.2. The Morgan fingerprint density at radius 3 is 2.29 bits per heavy atom. The van der Waals surface area contributed by atoms with Gasteiger partial charge in [0.1, 0.15) is 48.4 Å². The quantitative estimate of drug-likeness (QED) is 0.00855. The van der Waals surface area contributed by atoms with Crippen LogP contribution in [0.25, 0.3) is 10.8 Å². The first-order valence-electron chi connectivity index (χ1n) is 33.2. The molecular weight excluding hydrogens is 1240 g/mol. The van der Waals surface area contributed by atoms with Crippen molar-refractivity contribution in [1.29, 1.82) is 5.41 Å². The van der Waals surface area contributed by atoms with Gasteiger partial charge in [0.15, 0.2) is 23.6 Å². The van der Waals surface area contributed by atoms with Gasteiger partial charge < -0.3 is 82.4 Å². The van der Waals surface area contributed by atoms with Crippen LogP contribution in [0, 0.1) is 23.2 Å². The predicted molar refractivity (Wildman–Crippen MR) is 359 cm³/mol. The first-order chi connectivity index (χ1) is 46.9. The van der Waals surface area contributed by atoms with Crippen molar-refractivity contribution in [2.24, 2.45) is 39.9 Å². The molecule has 0 radical (unpaired) electrons. The number of nitrogens with one attached hydrogen (secondary N) is 7. The summed E-state index contributed by atoms with van der Waals surface area (Å²) < 4.78 is 36.1. The average Bonchev–Trinajstić information content (AvgIpc) is 1.56. The molecule has 26 heteroatoms. The van der Waals surface area contributed by atoms with Gasteiger partial charge in [0, 0.05) is 55.6 Å². The molecule has 5 aromatic rings. The predicted octanol–water partition coefficient (Wildman–Crippen LogP) is 5.79. The maximum atomic E-state index is 14.8. The molecule has 1 saturated heterocycles. The number of piperidine rings is 1. The Balaban J connectivity index is 0.734. The Labute approximate surface area is 562 Å². The van der Waals surface area contributed by atoms with Crippen molar-refractivity contribution in [3.05, 3.63) is 143 Å². The highest BCUT2D eigenvalue weighted by molar-refractivity contribution is 6.00. The van der Waals surface area contributed by atoms with E-state index >= 15 is 0 Å². The van der Waals surface area contributed by atoms with Gasteiger partial charge in [-0.05, 0) is 153 Å². The number of alkyl carbamates (subject to hydrolysis) is 1. The van der Waals surface area contributed by atoms with Gasteiger partial charge in [-0.25, -0.2) is 14.4 Å². The number of guanidine groups is 1. The number of rotatable bonds is 30. The van der Waals surface area contributed by atoms with Crippen molar-refractivity contribution in [3.8, 4) is 23.0 Å². The zero-order valence-electron chi connectivity index (χ0n) is 54.6. The summed E-state index contributed by atoms with van der Waals surface area (Å²) in [6, 6.07) is 27.2. The molecule has 5 aliphatic rings. The number of amidine groups is 1. The number of carbonyl (C=O) groups is 8. The topological polar surface area (TPSA) is 382 Å². The van der Waals surface area contributed by atoms with Crippen molar-refractivity contribution < 1.29 is 66.8 Å². The average molecular weight is 1330 g/mol. The van der Waals surface area contributed by atoms with Crippen LogP contribution in [0.1, 0.15) is 117 Å². The van der Waals surface area contributed by atoms with Crippen LogP contribution in [0.4, 0.5) is 9.59 Å². The van der Waals surface area contributed by atoms with E-state index in [-0.39, 0.29) is 101 Å². The van der Waals surface area contributed by atoms with Gasteiger partial charge in [-0.2, -0.15) is 0 Å². The first kappa shape index (κ1) is 69.4. The summed E-state index contributed by atoms with van der Waals surface area (Å²) in [6.07, 6.45) is 7.35. The number of nitrogens with zero attached hydrogens (tertiary/aromatic N) is 2. The second-order valence-electron chi connectivity index (χ2n) is 25.2. The molecule has 8 atom stereocenters. The molecule has 2 aliphatic heterocycles. The third-order valence-corrected chi connectivity index (χ3v) is 18.8. The van der Waals surface area contributed by atoms with E-state index in [1.165, 1.54) is 12.5 Å². The van der Waals surface area contributed by atoms with Crippen LogP contribution >= 0.6 is 0 Å². The fourth-order valence-corrected chi connectivity index (χ4v) is 14.1. The number of hydrogen-bond donors (Lipinski definition) is 10. The standard InChI is InChI=1S/C71H86N12O14/c1-42(84)79-40-59(85)81-55(15-10-31-78-68(74)75)66(88)80-39-51-37-50(28-33-83(51)70(91)96-58-27-25-54-47-13-9-29-71(54)60-48(36-47)21-26-57(92-2)61(60)97-62(58)71)64(86)76-30-8-4-7-14-56(82-69(90)94-41-43-11-5-3-6-12-43)65(87)77-32-34-93-52-22-18-44(19-23-52)67(89)95-53-24-20-45-35-49(63(72)73)17-16-46(45)38-53/h3,5-6,11-12,16-24,26-27,35,38,47,50-51,54-56,62H,4,7-10,13-15,25,28-34,36-37,39-41H2,1-2H3,(H3,72,73)(H,76,86)(H,77,87)(H,79,84)(H,80,88)(H,81,85)(H,82,90)(H4,74,75,78)/t47-,50?,51?,54+,55-,56+,62+,71+/m1/s1. The summed E-state index contributed by atoms with van der Waals surface area (Å²) in [7, 11) is 1.62. The molecule has 3 aliphatic carbocycles. The summed E-state index contributed by atoms with van der Waals surface area (Å²) in [5.74, 6) is -0.341. The molecule has 10 rings (SSSR count). The van der Waals surface area contributed by atoms with Crippen LogP contribution in [0.15, 0.2) is 120 Å². The van der Waals surface area contributed by atoms with Gasteiger partial charge in [-0.15, -0.1) is 0 Å². The summed E-state index contributed by atoms with van der Waals surface area (Å²) >= 11 is 0. The molecule has 0 aromatic heterocycles. The minimum atomic E-state index is -1.07. The summed E-state index contributed by atoms with van der Waals surface area (Å²) in [4.78, 5) is 113. The lowest BCUT2D eigenvalue weighted by Crippen LogP contribution is -2.57. The highest BCUT2D eigenvalue weighted by Crippen LogP contribution is 2.66. The molecule has 1 spiro atoms. The highest BCUT2D eigenvalue weighted by atomic mass is 16.6. The molecule has 1 saturated carbocycles. The van der Waals surface area contributed by atoms with Crippen LogP contribution in [0.2, 0.25) is 0 Å². The Hall–Kier alpha value is -10.4. The van der Waals surface area contributed by atoms with Crippen molar-refractivity contribution in [2.75, 3.05) is 53.0 Å². The number of esters is 1. The van der Waals surface area contributed by atoms with E-state index in [9.17, 15) is 38.4 Å². The molecule has 2 fully saturated rings. The Kier molecular flexibility index (Phi) is 23.2. The Morgan fingerprint density at radius 1 is 0.773 bits per heavy atom. The van der Waals surface area contributed by atoms with E-state index < -0.39 is 77.3 Å². The summed E-state index contributed by atoms with van der Waals surface area (Å²) in [5, 5.41) is 26.0. The lowest BCUT2D eigenvalue weighted by atomic mass is 9.49. The van der Waals surface area contributed by atoms with E-state index in [1.807, 2.05) is 42.5 Å². The van der Waals surface area contributed by atoms with Gasteiger partial charge in [0.25, 0.3) is 0 Å². The number of nitrogen functional groups attached to an aromatic ring is 1. The van der Waals surface area contributed by atoms with Crippen LogP contribution in [-0.2, 0) is 51.9 Å². The lowest BCUT2D eigenvalue weighted by molar-refractivity contribution is -0.130. The SMILES string of the molecule is COc1ccc2c3c1O[C@H]1C(OC(=O)N4CCC(C(=O)NCCCCC[C@H](NC(=O)OCc5ccccc5)C(=O)NCCOc5ccc(C(=O)Oc6ccc7cc(C(=N)N)ccc7c6)cc5)CC4CNC(=O)[C@@H](CCCN=C(N)N)NC(=O)CNC(C)=O)=CC[C@H]4[C@H](CCC[C@]314)C2. The Bertz CT molecular complexity index is 3790. The molecule has 7 amide bonds. The van der Waals surface area contributed by atoms with Crippen LogP contribution in [-0.4, -0.2) is 142 Å². The molecular formula is C71H86N12O14. The number of hydrogen-bond acceptors (Lipinski definition) is 16. The van der Waals surface area contributed by atoms with E-state index in [4.69, 9.17) is 51.0 Å². The smallest absolute Gasteiger partial charge is 0.415 e. The molecule has 13 N–H and O–H groups in total. The third-order valence-electron chi connectivity index (χ3n) is 18.8. The Morgan fingerprint density at radius 2 is 1.52 bits per heavy atom. The highest BCUT2D eigenvalue weighted by Gasteiger charge is 2.64. The zero-order chi connectivity index (χ0) is 68.6. The van der Waals surface area contributed by atoms with E-state index in [0.29, 0.717) is 78.3 Å². The fourth-order valence-electron chi connectivity index (χ4n) is 14.1. The monoisotopic (exact) mass is 1330 g/mol. The lowest BCUT2D eigenvalue weighted by Gasteiger charge is -2.53. The molecule has 2 unspecified atom stereocenters. The minimum Gasteiger partial charge on any atom is -0.493 e. The van der Waals surface area contributed by atoms with Crippen LogP contribution in [0.3, 0.4) is 0 Å². The van der Waals surface area contributed by atoms with Crippen LogP contribution < -0.4 is 68.0 Å². The third kappa shape index (κ3) is 17.4. The van der Waals surface area contributed by atoms with Gasteiger partial charge in [0.2, 0.25) is 29.5 Å². The van der Waals surface area contributed by atoms with Crippen molar-refractivity contribution >= 4 is 70.3 Å². The number of nitrogens with two attached hydrogens (primary N) is 3. The number of unbranched alkanes of at least 4 members (excludes halogenated alkanes) is 2. The van der Waals surface area contributed by atoms with Gasteiger partial charge in [-0.1, -0.05) is 73.9 Å².